The van der Waals surface area contributed by atoms with Crippen molar-refractivity contribution in [3.63, 3.8) is 0 Å². The highest BCUT2D eigenvalue weighted by Gasteiger charge is 2.25. The minimum absolute atomic E-state index is 0.862. The molecule has 0 spiro atoms. The van der Waals surface area contributed by atoms with E-state index in [0.29, 0.717) is 0 Å². The molecule has 0 bridgehead atoms. The lowest BCUT2D eigenvalue weighted by Crippen LogP contribution is -2.12. The number of thiophene rings is 1. The second kappa shape index (κ2) is 14.5. The third kappa shape index (κ3) is 5.62. The molecule has 308 valence electrons. The van der Waals surface area contributed by atoms with Gasteiger partial charge in [-0.2, -0.15) is 0 Å². The fourth-order valence-electron chi connectivity index (χ4n) is 10.6. The van der Waals surface area contributed by atoms with Crippen molar-refractivity contribution in [2.24, 2.45) is 0 Å². The molecular weight excluding hydrogens is 821 g/mol. The minimum atomic E-state index is 0.862. The van der Waals surface area contributed by atoms with Gasteiger partial charge in [0.15, 0.2) is 0 Å². The molecule has 0 atom stereocenters. The molecule has 0 aliphatic heterocycles. The normalized spacial score (nSPS) is 11.9. The van der Waals surface area contributed by atoms with Gasteiger partial charge in [-0.3, -0.25) is 0 Å². The van der Waals surface area contributed by atoms with Crippen LogP contribution in [0.5, 0.6) is 0 Å². The van der Waals surface area contributed by atoms with Crippen LogP contribution in [0.1, 0.15) is 0 Å². The molecule has 14 aromatic rings. The quantitative estimate of drug-likeness (QED) is 0.155. The summed E-state index contributed by atoms with van der Waals surface area (Å²) in [6.45, 7) is 0. The van der Waals surface area contributed by atoms with Crippen molar-refractivity contribution < 1.29 is 4.42 Å². The first kappa shape index (κ1) is 37.0. The highest BCUT2D eigenvalue weighted by atomic mass is 32.1. The first-order valence-corrected chi connectivity index (χ1v) is 23.3. The van der Waals surface area contributed by atoms with Gasteiger partial charge in [-0.05, 0) is 112 Å². The van der Waals surface area contributed by atoms with Gasteiger partial charge in [-0.1, -0.05) is 152 Å². The number of benzene rings is 11. The highest BCUT2D eigenvalue weighted by molar-refractivity contribution is 7.25. The molecule has 4 heteroatoms. The molecule has 0 aliphatic carbocycles. The van der Waals surface area contributed by atoms with Gasteiger partial charge in [0.1, 0.15) is 11.2 Å². The fraction of sp³-hybridized carbons (Fsp3) is 0. The van der Waals surface area contributed by atoms with E-state index >= 15 is 0 Å². The zero-order chi connectivity index (χ0) is 43.3. The molecule has 0 radical (unpaired) electrons. The Morgan fingerprint density at radius 3 is 1.73 bits per heavy atom. The van der Waals surface area contributed by atoms with Crippen molar-refractivity contribution in [2.45, 2.75) is 0 Å². The lowest BCUT2D eigenvalue weighted by molar-refractivity contribution is 0.670. The number of nitrogens with zero attached hydrogens (tertiary/aromatic N) is 2. The van der Waals surface area contributed by atoms with E-state index in [2.05, 4.69) is 240 Å². The lowest BCUT2D eigenvalue weighted by Gasteiger charge is -2.30. The van der Waals surface area contributed by atoms with Crippen molar-refractivity contribution in [2.75, 3.05) is 4.90 Å². The summed E-state index contributed by atoms with van der Waals surface area (Å²) >= 11 is 1.86. The smallest absolute Gasteiger partial charge is 0.145 e. The third-order valence-corrected chi connectivity index (χ3v) is 14.7. The van der Waals surface area contributed by atoms with Gasteiger partial charge < -0.3 is 13.9 Å². The van der Waals surface area contributed by atoms with Crippen molar-refractivity contribution in [1.82, 2.24) is 4.57 Å². The van der Waals surface area contributed by atoms with Crippen molar-refractivity contribution in [3.05, 3.63) is 231 Å². The van der Waals surface area contributed by atoms with Gasteiger partial charge in [0.2, 0.25) is 0 Å². The molecule has 0 saturated heterocycles. The van der Waals surface area contributed by atoms with Crippen molar-refractivity contribution in [3.8, 4) is 27.9 Å². The Bertz CT molecular complexity index is 4180. The molecule has 3 nitrogen and oxygen atoms in total. The Morgan fingerprint density at radius 2 is 0.955 bits per heavy atom. The Kier molecular flexibility index (Phi) is 8.15. The summed E-state index contributed by atoms with van der Waals surface area (Å²) in [7, 11) is 0. The summed E-state index contributed by atoms with van der Waals surface area (Å²) in [5.74, 6) is 0. The number of rotatable bonds is 6. The van der Waals surface area contributed by atoms with E-state index in [1.165, 1.54) is 74.6 Å². The number of anilines is 3. The Morgan fingerprint density at radius 1 is 0.364 bits per heavy atom. The van der Waals surface area contributed by atoms with Gasteiger partial charge in [0, 0.05) is 64.0 Å². The van der Waals surface area contributed by atoms with Gasteiger partial charge in [-0.15, -0.1) is 11.3 Å². The number of aromatic nitrogens is 1. The van der Waals surface area contributed by atoms with Crippen LogP contribution in [0.2, 0.25) is 0 Å². The summed E-state index contributed by atoms with van der Waals surface area (Å²) in [4.78, 5) is 2.46. The van der Waals surface area contributed by atoms with E-state index in [1.54, 1.807) is 0 Å². The second-order valence-electron chi connectivity index (χ2n) is 17.2. The third-order valence-electron chi connectivity index (χ3n) is 13.6. The zero-order valence-corrected chi connectivity index (χ0v) is 36.5. The highest BCUT2D eigenvalue weighted by Crippen LogP contribution is 2.49. The van der Waals surface area contributed by atoms with Crippen LogP contribution in [-0.4, -0.2) is 4.57 Å². The van der Waals surface area contributed by atoms with Crippen LogP contribution in [0.4, 0.5) is 17.1 Å². The van der Waals surface area contributed by atoms with E-state index in [9.17, 15) is 0 Å². The molecule has 0 fully saturated rings. The monoisotopic (exact) mass is 858 g/mol. The number of hydrogen-bond donors (Lipinski definition) is 0. The van der Waals surface area contributed by atoms with Crippen molar-refractivity contribution in [1.29, 1.82) is 0 Å². The Balaban J connectivity index is 1.01. The van der Waals surface area contributed by atoms with Gasteiger partial charge in [0.25, 0.3) is 0 Å². The van der Waals surface area contributed by atoms with E-state index in [-0.39, 0.29) is 0 Å². The molecule has 0 unspecified atom stereocenters. The van der Waals surface area contributed by atoms with E-state index < -0.39 is 0 Å². The van der Waals surface area contributed by atoms with E-state index in [0.717, 1.165) is 55.8 Å². The molecule has 14 rings (SSSR count). The standard InChI is InChI=1S/C62H38N2OS/c1-2-14-45-42(13-1)38-57(47-16-4-3-15-46(45)47)64(44-30-25-39(26-31-44)41-29-36-60-53(37-41)51-20-8-12-24-59(51)66-60)56-35-34-52-50-19-7-11-23-58(50)65-62(52)61(56)40-27-32-43(33-28-40)63-54-21-9-5-17-48(54)49-18-6-10-22-55(49)63/h1-38H. The van der Waals surface area contributed by atoms with Crippen LogP contribution < -0.4 is 4.90 Å². The summed E-state index contributed by atoms with van der Waals surface area (Å²) in [6, 6.07) is 84.1. The van der Waals surface area contributed by atoms with Crippen LogP contribution in [0, 0.1) is 0 Å². The van der Waals surface area contributed by atoms with Crippen LogP contribution in [0.3, 0.4) is 0 Å². The molecule has 0 aliphatic rings. The molecule has 0 amide bonds. The predicted molar refractivity (Wildman–Crippen MR) is 282 cm³/mol. The second-order valence-corrected chi connectivity index (χ2v) is 18.3. The Hall–Kier alpha value is -8.44. The first-order chi connectivity index (χ1) is 32.7. The van der Waals surface area contributed by atoms with E-state index in [4.69, 9.17) is 4.42 Å². The summed E-state index contributed by atoms with van der Waals surface area (Å²) in [6.07, 6.45) is 0. The molecule has 66 heavy (non-hydrogen) atoms. The summed E-state index contributed by atoms with van der Waals surface area (Å²) in [5, 5.41) is 12.1. The number of para-hydroxylation sites is 3. The summed E-state index contributed by atoms with van der Waals surface area (Å²) in [5.41, 5.74) is 12.9. The van der Waals surface area contributed by atoms with Crippen LogP contribution in [0.15, 0.2) is 235 Å². The summed E-state index contributed by atoms with van der Waals surface area (Å²) < 4.78 is 12.0. The molecule has 3 heterocycles. The van der Waals surface area contributed by atoms with Crippen LogP contribution >= 0.6 is 11.3 Å². The maximum Gasteiger partial charge on any atom is 0.145 e. The lowest BCUT2D eigenvalue weighted by atomic mass is 9.95. The van der Waals surface area contributed by atoms with Crippen LogP contribution in [0.25, 0.3) is 113 Å². The van der Waals surface area contributed by atoms with Crippen LogP contribution in [-0.2, 0) is 0 Å². The van der Waals surface area contributed by atoms with Gasteiger partial charge in [0.05, 0.1) is 22.4 Å². The predicted octanol–water partition coefficient (Wildman–Crippen LogP) is 18.2. The SMILES string of the molecule is c1ccc2c(c1)cc(N(c1ccc(-c3ccc4sc5ccccc5c4c3)cc1)c1ccc3c(oc4ccccc43)c1-c1ccc(-n3c4ccccc4c4ccccc43)cc1)c1ccccc12. The maximum atomic E-state index is 6.98. The topological polar surface area (TPSA) is 21.3 Å². The molecule has 11 aromatic carbocycles. The van der Waals surface area contributed by atoms with Crippen molar-refractivity contribution >= 4 is 114 Å². The number of hydrogen-bond acceptors (Lipinski definition) is 3. The molecule has 0 saturated carbocycles. The van der Waals surface area contributed by atoms with E-state index in [1.807, 2.05) is 11.3 Å². The first-order valence-electron chi connectivity index (χ1n) is 22.5. The molecule has 3 aromatic heterocycles. The average molecular weight is 859 g/mol. The minimum Gasteiger partial charge on any atom is -0.455 e. The molecule has 0 N–H and O–H groups in total. The zero-order valence-electron chi connectivity index (χ0n) is 35.7. The maximum absolute atomic E-state index is 6.98. The fourth-order valence-corrected chi connectivity index (χ4v) is 11.6. The number of furan rings is 1. The van der Waals surface area contributed by atoms with Gasteiger partial charge >= 0.3 is 0 Å². The Labute approximate surface area is 384 Å². The number of fused-ring (bicyclic) bond motifs is 12. The largest absolute Gasteiger partial charge is 0.455 e. The average Bonchev–Trinajstić information content (AvgIpc) is 4.06. The molecular formula is C62H38N2OS. The van der Waals surface area contributed by atoms with Gasteiger partial charge in [-0.25, -0.2) is 0 Å².